The van der Waals surface area contributed by atoms with E-state index in [1.54, 1.807) is 6.21 Å². The number of carbonyl (C=O) groups is 1. The summed E-state index contributed by atoms with van der Waals surface area (Å²) in [7, 11) is 0. The maximum atomic E-state index is 11.7. The predicted molar refractivity (Wildman–Crippen MR) is 80.5 cm³/mol. The van der Waals surface area contributed by atoms with Gasteiger partial charge in [-0.15, -0.1) is 0 Å². The molecule has 1 aromatic carbocycles. The van der Waals surface area contributed by atoms with Crippen molar-refractivity contribution in [3.63, 3.8) is 0 Å². The van der Waals surface area contributed by atoms with Crippen LogP contribution < -0.4 is 5.43 Å². The molecule has 7 heteroatoms. The molecule has 2 N–H and O–H groups in total. The molecule has 5 nitrogen and oxygen atoms in total. The molecule has 0 unspecified atom stereocenters. The molecular weight excluding hydrogens is 411 g/mol. The minimum Gasteiger partial charge on any atom is -0.272 e. The molecule has 0 atom stereocenters. The number of nitrogens with one attached hydrogen (secondary N) is 2. The van der Waals surface area contributed by atoms with Gasteiger partial charge in [0.05, 0.1) is 16.9 Å². The Morgan fingerprint density at radius 1 is 1.50 bits per heavy atom. The number of H-pyrrole nitrogens is 1. The zero-order valence-electron chi connectivity index (χ0n) is 9.02. The summed E-state index contributed by atoms with van der Waals surface area (Å²) in [5.41, 5.74) is 3.72. The molecule has 0 fully saturated rings. The third-order valence-corrected chi connectivity index (χ3v) is 3.68. The standard InChI is InChI=1S/C11H8BrIN4O/c12-8-6-15-16-10(8)11(18)17-14-5-7-3-1-2-4-9(7)13/h1-6H,(H,15,16)(H,17,18)/b14-5-. The molecule has 92 valence electrons. The fraction of sp³-hybridized carbons (Fsp3) is 0. The molecule has 1 heterocycles. The number of aromatic nitrogens is 2. The lowest BCUT2D eigenvalue weighted by atomic mass is 10.2. The second kappa shape index (κ2) is 6.10. The van der Waals surface area contributed by atoms with Crippen LogP contribution in [-0.4, -0.2) is 22.3 Å². The molecule has 0 radical (unpaired) electrons. The number of aromatic amines is 1. The fourth-order valence-corrected chi connectivity index (χ4v) is 2.12. The Morgan fingerprint density at radius 2 is 2.28 bits per heavy atom. The van der Waals surface area contributed by atoms with Gasteiger partial charge in [0.25, 0.3) is 5.91 Å². The van der Waals surface area contributed by atoms with Gasteiger partial charge in [0.2, 0.25) is 0 Å². The van der Waals surface area contributed by atoms with Crippen molar-refractivity contribution >= 4 is 50.6 Å². The third kappa shape index (κ3) is 3.16. The number of hydrogen-bond donors (Lipinski definition) is 2. The highest BCUT2D eigenvalue weighted by Crippen LogP contribution is 2.12. The molecule has 18 heavy (non-hydrogen) atoms. The first-order valence-electron chi connectivity index (χ1n) is 4.95. The zero-order valence-corrected chi connectivity index (χ0v) is 12.8. The van der Waals surface area contributed by atoms with E-state index in [4.69, 9.17) is 0 Å². The third-order valence-electron chi connectivity index (χ3n) is 2.10. The van der Waals surface area contributed by atoms with Gasteiger partial charge >= 0.3 is 0 Å². The SMILES string of the molecule is O=C(N/N=C\c1ccccc1I)c1[nH]ncc1Br. The molecule has 0 aliphatic rings. The minimum atomic E-state index is -0.346. The number of carbonyl (C=O) groups excluding carboxylic acids is 1. The summed E-state index contributed by atoms with van der Waals surface area (Å²) in [6.45, 7) is 0. The number of hydrogen-bond acceptors (Lipinski definition) is 3. The minimum absolute atomic E-state index is 0.343. The van der Waals surface area contributed by atoms with Gasteiger partial charge in [0, 0.05) is 9.13 Å². The smallest absolute Gasteiger partial charge is 0.272 e. The van der Waals surface area contributed by atoms with Crippen LogP contribution in [0.3, 0.4) is 0 Å². The van der Waals surface area contributed by atoms with Crippen molar-refractivity contribution in [2.75, 3.05) is 0 Å². The Bertz CT molecular complexity index is 596. The topological polar surface area (TPSA) is 70.1 Å². The molecule has 0 aliphatic heterocycles. The Labute approximate surface area is 125 Å². The Hall–Kier alpha value is -1.22. The monoisotopic (exact) mass is 418 g/mol. The second-order valence-corrected chi connectivity index (χ2v) is 5.33. The summed E-state index contributed by atoms with van der Waals surface area (Å²) < 4.78 is 1.67. The van der Waals surface area contributed by atoms with Crippen LogP contribution in [0.2, 0.25) is 0 Å². The van der Waals surface area contributed by atoms with E-state index in [-0.39, 0.29) is 5.91 Å². The Balaban J connectivity index is 2.03. The first kappa shape index (κ1) is 13.2. The van der Waals surface area contributed by atoms with E-state index >= 15 is 0 Å². The molecule has 2 aromatic rings. The molecule has 0 bridgehead atoms. The molecule has 0 aliphatic carbocycles. The van der Waals surface area contributed by atoms with E-state index in [2.05, 4.69) is 59.2 Å². The van der Waals surface area contributed by atoms with Crippen LogP contribution in [0.4, 0.5) is 0 Å². The summed E-state index contributed by atoms with van der Waals surface area (Å²) in [4.78, 5) is 11.7. The maximum absolute atomic E-state index is 11.7. The van der Waals surface area contributed by atoms with Gasteiger partial charge in [0.15, 0.2) is 0 Å². The predicted octanol–water partition coefficient (Wildman–Crippen LogP) is 2.54. The van der Waals surface area contributed by atoms with E-state index in [0.717, 1.165) is 9.13 Å². The van der Waals surface area contributed by atoms with Crippen molar-refractivity contribution in [1.29, 1.82) is 0 Å². The highest BCUT2D eigenvalue weighted by atomic mass is 127. The lowest BCUT2D eigenvalue weighted by Crippen LogP contribution is -2.18. The van der Waals surface area contributed by atoms with Crippen molar-refractivity contribution in [2.24, 2.45) is 5.10 Å². The van der Waals surface area contributed by atoms with Gasteiger partial charge < -0.3 is 0 Å². The second-order valence-electron chi connectivity index (χ2n) is 3.31. The van der Waals surface area contributed by atoms with Gasteiger partial charge in [-0.2, -0.15) is 10.2 Å². The molecule has 0 saturated heterocycles. The molecule has 1 aromatic heterocycles. The lowest BCUT2D eigenvalue weighted by Gasteiger charge is -1.98. The normalized spacial score (nSPS) is 10.8. The van der Waals surface area contributed by atoms with Gasteiger partial charge in [-0.3, -0.25) is 9.89 Å². The Kier molecular flexibility index (Phi) is 4.48. The quantitative estimate of drug-likeness (QED) is 0.457. The van der Waals surface area contributed by atoms with Gasteiger partial charge in [-0.25, -0.2) is 5.43 Å². The average Bonchev–Trinajstić information content (AvgIpc) is 2.78. The molecule has 0 spiro atoms. The molecule has 2 rings (SSSR count). The van der Waals surface area contributed by atoms with Crippen LogP contribution >= 0.6 is 38.5 Å². The zero-order chi connectivity index (χ0) is 13.0. The van der Waals surface area contributed by atoms with E-state index in [1.807, 2.05) is 24.3 Å². The van der Waals surface area contributed by atoms with Crippen molar-refractivity contribution in [3.05, 3.63) is 49.8 Å². The molecule has 0 saturated carbocycles. The van der Waals surface area contributed by atoms with Crippen molar-refractivity contribution < 1.29 is 4.79 Å². The van der Waals surface area contributed by atoms with E-state index in [0.29, 0.717) is 10.2 Å². The fourth-order valence-electron chi connectivity index (χ4n) is 1.23. The van der Waals surface area contributed by atoms with Crippen LogP contribution in [0.25, 0.3) is 0 Å². The first-order valence-corrected chi connectivity index (χ1v) is 6.82. The summed E-state index contributed by atoms with van der Waals surface area (Å²) in [6, 6.07) is 7.75. The highest BCUT2D eigenvalue weighted by Gasteiger charge is 2.10. The summed E-state index contributed by atoms with van der Waals surface area (Å²) >= 11 is 5.41. The number of halogens is 2. The van der Waals surface area contributed by atoms with Crippen LogP contribution in [0.5, 0.6) is 0 Å². The Morgan fingerprint density at radius 3 is 2.94 bits per heavy atom. The van der Waals surface area contributed by atoms with Crippen LogP contribution in [0, 0.1) is 3.57 Å². The maximum Gasteiger partial charge on any atom is 0.290 e. The number of rotatable bonds is 3. The van der Waals surface area contributed by atoms with Gasteiger partial charge in [0.1, 0.15) is 5.69 Å². The summed E-state index contributed by atoms with van der Waals surface area (Å²) in [5.74, 6) is -0.346. The van der Waals surface area contributed by atoms with E-state index in [9.17, 15) is 4.79 Å². The average molecular weight is 419 g/mol. The highest BCUT2D eigenvalue weighted by molar-refractivity contribution is 14.1. The van der Waals surface area contributed by atoms with E-state index < -0.39 is 0 Å². The molecule has 1 amide bonds. The number of amides is 1. The van der Waals surface area contributed by atoms with E-state index in [1.165, 1.54) is 6.20 Å². The summed E-state index contributed by atoms with van der Waals surface area (Å²) in [6.07, 6.45) is 3.11. The largest absolute Gasteiger partial charge is 0.290 e. The lowest BCUT2D eigenvalue weighted by molar-refractivity contribution is 0.0949. The first-order chi connectivity index (χ1) is 8.68. The van der Waals surface area contributed by atoms with Crippen LogP contribution in [-0.2, 0) is 0 Å². The number of nitrogens with zero attached hydrogens (tertiary/aromatic N) is 2. The number of benzene rings is 1. The number of hydrazone groups is 1. The van der Waals surface area contributed by atoms with Crippen LogP contribution in [0.15, 0.2) is 40.0 Å². The summed E-state index contributed by atoms with van der Waals surface area (Å²) in [5, 5.41) is 10.2. The van der Waals surface area contributed by atoms with Gasteiger partial charge in [-0.1, -0.05) is 18.2 Å². The molecular formula is C11H8BrIN4O. The van der Waals surface area contributed by atoms with Crippen molar-refractivity contribution in [1.82, 2.24) is 15.6 Å². The van der Waals surface area contributed by atoms with Gasteiger partial charge in [-0.05, 0) is 44.6 Å². The van der Waals surface area contributed by atoms with Crippen LogP contribution in [0.1, 0.15) is 16.1 Å². The van der Waals surface area contributed by atoms with Crippen molar-refractivity contribution in [3.8, 4) is 0 Å². The van der Waals surface area contributed by atoms with Crippen molar-refractivity contribution in [2.45, 2.75) is 0 Å².